The van der Waals surface area contributed by atoms with E-state index in [-0.39, 0.29) is 34.8 Å². The SMILES string of the molecule is CCOc1ccc(C(C(=O)NC2CCCCC2)N(Cc2ccccc2)C(=O)c2snc(C(N)=O)c2N)cc1. The minimum absolute atomic E-state index is 0.0464. The highest BCUT2D eigenvalue weighted by Gasteiger charge is 2.36. The summed E-state index contributed by atoms with van der Waals surface area (Å²) in [6.45, 7) is 2.55. The van der Waals surface area contributed by atoms with E-state index in [0.717, 1.165) is 49.2 Å². The number of aromatic nitrogens is 1. The number of hydrogen-bond acceptors (Lipinski definition) is 7. The first-order valence-electron chi connectivity index (χ1n) is 12.8. The average molecular weight is 536 g/mol. The molecule has 1 atom stereocenters. The molecule has 0 bridgehead atoms. The third kappa shape index (κ3) is 6.31. The van der Waals surface area contributed by atoms with Crippen molar-refractivity contribution in [2.75, 3.05) is 12.3 Å². The van der Waals surface area contributed by atoms with Crippen molar-refractivity contribution in [2.24, 2.45) is 5.73 Å². The largest absolute Gasteiger partial charge is 0.494 e. The lowest BCUT2D eigenvalue weighted by atomic mass is 9.94. The van der Waals surface area contributed by atoms with Gasteiger partial charge < -0.3 is 26.4 Å². The fourth-order valence-corrected chi connectivity index (χ4v) is 5.49. The van der Waals surface area contributed by atoms with Crippen molar-refractivity contribution in [3.05, 3.63) is 76.3 Å². The van der Waals surface area contributed by atoms with E-state index >= 15 is 0 Å². The molecule has 1 aromatic heterocycles. The van der Waals surface area contributed by atoms with Crippen molar-refractivity contribution < 1.29 is 19.1 Å². The lowest BCUT2D eigenvalue weighted by Gasteiger charge is -2.33. The first-order chi connectivity index (χ1) is 18.4. The van der Waals surface area contributed by atoms with E-state index in [1.807, 2.05) is 37.3 Å². The van der Waals surface area contributed by atoms with Gasteiger partial charge in [-0.1, -0.05) is 61.7 Å². The summed E-state index contributed by atoms with van der Waals surface area (Å²) in [5, 5.41) is 3.19. The van der Waals surface area contributed by atoms with E-state index < -0.39 is 17.9 Å². The van der Waals surface area contributed by atoms with Crippen LogP contribution in [0, 0.1) is 0 Å². The second kappa shape index (κ2) is 12.6. The van der Waals surface area contributed by atoms with Crippen LogP contribution < -0.4 is 21.5 Å². The van der Waals surface area contributed by atoms with E-state index in [4.69, 9.17) is 16.2 Å². The van der Waals surface area contributed by atoms with E-state index in [2.05, 4.69) is 9.69 Å². The summed E-state index contributed by atoms with van der Waals surface area (Å²) >= 11 is 0.802. The van der Waals surface area contributed by atoms with Gasteiger partial charge in [0.15, 0.2) is 5.69 Å². The molecular weight excluding hydrogens is 502 g/mol. The average Bonchev–Trinajstić information content (AvgIpc) is 3.31. The summed E-state index contributed by atoms with van der Waals surface area (Å²) in [7, 11) is 0. The second-order valence-electron chi connectivity index (χ2n) is 9.30. The van der Waals surface area contributed by atoms with Crippen LogP contribution in [0.3, 0.4) is 0 Å². The van der Waals surface area contributed by atoms with Gasteiger partial charge >= 0.3 is 0 Å². The van der Waals surface area contributed by atoms with Gasteiger partial charge in [-0.3, -0.25) is 14.4 Å². The van der Waals surface area contributed by atoms with Crippen LogP contribution in [0.25, 0.3) is 0 Å². The highest BCUT2D eigenvalue weighted by atomic mass is 32.1. The van der Waals surface area contributed by atoms with Crippen LogP contribution in [0.15, 0.2) is 54.6 Å². The topological polar surface area (TPSA) is 141 Å². The maximum Gasteiger partial charge on any atom is 0.270 e. The molecule has 0 spiro atoms. The molecule has 38 heavy (non-hydrogen) atoms. The number of nitrogens with zero attached hydrogens (tertiary/aromatic N) is 2. The summed E-state index contributed by atoms with van der Waals surface area (Å²) in [5.74, 6) is -0.926. The molecule has 2 aromatic carbocycles. The Labute approximate surface area is 226 Å². The number of anilines is 1. The molecule has 1 unspecified atom stereocenters. The number of benzene rings is 2. The smallest absolute Gasteiger partial charge is 0.270 e. The molecule has 200 valence electrons. The van der Waals surface area contributed by atoms with Crippen molar-refractivity contribution in [1.29, 1.82) is 0 Å². The normalized spacial score (nSPS) is 14.4. The standard InChI is InChI=1S/C28H33N5O4S/c1-2-37-21-15-13-19(14-16-21)24(27(35)31-20-11-7-4-8-12-20)33(17-18-9-5-3-6-10-18)28(36)25-22(29)23(26(30)34)32-38-25/h3,5-6,9-10,13-16,20,24H,2,4,7-8,11-12,17,29H2,1H3,(H2,30,34)(H,31,35). The predicted molar refractivity (Wildman–Crippen MR) is 147 cm³/mol. The summed E-state index contributed by atoms with van der Waals surface area (Å²) in [4.78, 5) is 41.3. The van der Waals surface area contributed by atoms with Crippen LogP contribution >= 0.6 is 11.5 Å². The van der Waals surface area contributed by atoms with Gasteiger partial charge in [0.1, 0.15) is 16.7 Å². The molecule has 10 heteroatoms. The maximum absolute atomic E-state index is 14.0. The Kier molecular flexibility index (Phi) is 8.96. The molecular formula is C28H33N5O4S. The van der Waals surface area contributed by atoms with E-state index in [1.54, 1.807) is 24.3 Å². The lowest BCUT2D eigenvalue weighted by molar-refractivity contribution is -0.127. The van der Waals surface area contributed by atoms with Crippen molar-refractivity contribution in [3.63, 3.8) is 0 Å². The predicted octanol–water partition coefficient (Wildman–Crippen LogP) is 4.06. The number of primary amides is 1. The second-order valence-corrected chi connectivity index (χ2v) is 10.1. The number of carbonyl (C=O) groups excluding carboxylic acids is 3. The summed E-state index contributed by atoms with van der Waals surface area (Å²) in [6.07, 6.45) is 5.06. The Bertz CT molecular complexity index is 1260. The van der Waals surface area contributed by atoms with E-state index in [0.29, 0.717) is 17.9 Å². The lowest BCUT2D eigenvalue weighted by Crippen LogP contribution is -2.46. The number of amides is 3. The van der Waals surface area contributed by atoms with Gasteiger partial charge in [-0.15, -0.1) is 0 Å². The molecule has 1 saturated carbocycles. The number of rotatable bonds is 10. The Morgan fingerprint density at radius 2 is 1.76 bits per heavy atom. The molecule has 3 aromatic rings. The zero-order valence-electron chi connectivity index (χ0n) is 21.4. The summed E-state index contributed by atoms with van der Waals surface area (Å²) < 4.78 is 9.59. The molecule has 0 radical (unpaired) electrons. The van der Waals surface area contributed by atoms with E-state index in [9.17, 15) is 14.4 Å². The molecule has 1 heterocycles. The maximum atomic E-state index is 14.0. The molecule has 3 amide bonds. The number of nitrogens with two attached hydrogens (primary N) is 2. The van der Waals surface area contributed by atoms with Crippen molar-refractivity contribution in [2.45, 2.75) is 57.7 Å². The van der Waals surface area contributed by atoms with Crippen molar-refractivity contribution in [3.8, 4) is 5.75 Å². The third-order valence-electron chi connectivity index (χ3n) is 6.63. The third-order valence-corrected chi connectivity index (χ3v) is 7.48. The molecule has 1 fully saturated rings. The molecule has 0 saturated heterocycles. The molecule has 4 rings (SSSR count). The minimum Gasteiger partial charge on any atom is -0.494 e. The van der Waals surface area contributed by atoms with Gasteiger partial charge in [-0.25, -0.2) is 0 Å². The number of carbonyl (C=O) groups is 3. The van der Waals surface area contributed by atoms with Gasteiger partial charge in [0.2, 0.25) is 5.91 Å². The van der Waals surface area contributed by atoms with Gasteiger partial charge in [0.05, 0.1) is 12.3 Å². The monoisotopic (exact) mass is 535 g/mol. The minimum atomic E-state index is -0.959. The Balaban J connectivity index is 1.77. The molecule has 0 aliphatic heterocycles. The first-order valence-corrected chi connectivity index (χ1v) is 13.6. The molecule has 1 aliphatic carbocycles. The highest BCUT2D eigenvalue weighted by Crippen LogP contribution is 2.31. The Hall–Kier alpha value is -3.92. The molecule has 9 nitrogen and oxygen atoms in total. The van der Waals surface area contributed by atoms with Crippen molar-refractivity contribution >= 4 is 34.9 Å². The zero-order chi connectivity index (χ0) is 27.1. The summed E-state index contributed by atoms with van der Waals surface area (Å²) in [6, 6.07) is 15.7. The van der Waals surface area contributed by atoms with E-state index in [1.165, 1.54) is 4.90 Å². The van der Waals surface area contributed by atoms with Crippen LogP contribution in [-0.4, -0.2) is 39.6 Å². The first kappa shape index (κ1) is 27.1. The fourth-order valence-electron chi connectivity index (χ4n) is 4.73. The quantitative estimate of drug-likeness (QED) is 0.358. The fraction of sp³-hybridized carbons (Fsp3) is 0.357. The van der Waals surface area contributed by atoms with Crippen LogP contribution in [0.4, 0.5) is 5.69 Å². The van der Waals surface area contributed by atoms with Crippen LogP contribution in [0.5, 0.6) is 5.75 Å². The highest BCUT2D eigenvalue weighted by molar-refractivity contribution is 7.09. The van der Waals surface area contributed by atoms with Gasteiger partial charge in [-0.05, 0) is 54.6 Å². The molecule has 5 N–H and O–H groups in total. The molecule has 1 aliphatic rings. The number of ether oxygens (including phenoxy) is 1. The Morgan fingerprint density at radius 3 is 2.37 bits per heavy atom. The van der Waals surface area contributed by atoms with Gasteiger partial charge in [-0.2, -0.15) is 4.37 Å². The number of nitrogen functional groups attached to an aromatic ring is 1. The van der Waals surface area contributed by atoms with Crippen LogP contribution in [0.1, 0.15) is 76.4 Å². The number of nitrogens with one attached hydrogen (secondary N) is 1. The number of hydrogen-bond donors (Lipinski definition) is 3. The van der Waals surface area contributed by atoms with Crippen molar-refractivity contribution in [1.82, 2.24) is 14.6 Å². The van der Waals surface area contributed by atoms with Gasteiger partial charge in [0.25, 0.3) is 11.8 Å². The Morgan fingerprint density at radius 1 is 1.08 bits per heavy atom. The van der Waals surface area contributed by atoms with Crippen LogP contribution in [0.2, 0.25) is 0 Å². The summed E-state index contributed by atoms with van der Waals surface area (Å²) in [5.41, 5.74) is 12.8. The zero-order valence-corrected chi connectivity index (χ0v) is 22.2. The van der Waals surface area contributed by atoms with Crippen LogP contribution in [-0.2, 0) is 11.3 Å². The van der Waals surface area contributed by atoms with Gasteiger partial charge in [0, 0.05) is 12.6 Å².